The Morgan fingerprint density at radius 1 is 1.15 bits per heavy atom. The highest BCUT2D eigenvalue weighted by atomic mass is 16.5. The summed E-state index contributed by atoms with van der Waals surface area (Å²) < 4.78 is 4.78. The Kier molecular flexibility index (Phi) is 6.43. The van der Waals surface area contributed by atoms with Crippen LogP contribution in [-0.4, -0.2) is 50.7 Å². The van der Waals surface area contributed by atoms with E-state index in [1.54, 1.807) is 27.7 Å². The topological polar surface area (TPSA) is 129 Å². The quantitative estimate of drug-likeness (QED) is 0.445. The Morgan fingerprint density at radius 3 is 1.85 bits per heavy atom. The van der Waals surface area contributed by atoms with E-state index in [-0.39, 0.29) is 17.0 Å². The maximum Gasteiger partial charge on any atom is 0.490 e. The Hall–Kier alpha value is -1.35. The number of pyridine rings is 1. The molecule has 7 nitrogen and oxygen atoms in total. The fourth-order valence-corrected chi connectivity index (χ4v) is 0.798. The van der Waals surface area contributed by atoms with Crippen molar-refractivity contribution in [1.29, 1.82) is 0 Å². The fourth-order valence-electron chi connectivity index (χ4n) is 0.798. The summed E-state index contributed by atoms with van der Waals surface area (Å²) in [6.07, 6.45) is 1.29. The van der Waals surface area contributed by atoms with Gasteiger partial charge in [0.2, 0.25) is 5.88 Å². The number of nitrogens with zero attached hydrogens (tertiary/aromatic N) is 1. The van der Waals surface area contributed by atoms with Gasteiger partial charge in [0, 0.05) is 11.7 Å². The Bertz CT molecular complexity index is 415. The molecule has 0 unspecified atom stereocenters. The predicted molar refractivity (Wildman–Crippen MR) is 77.6 cm³/mol. The smallest absolute Gasteiger partial charge is 0.480 e. The molecule has 1 rings (SSSR count). The second-order valence-corrected chi connectivity index (χ2v) is 5.36. The van der Waals surface area contributed by atoms with E-state index in [4.69, 9.17) is 30.7 Å². The first-order chi connectivity index (χ1) is 8.90. The minimum Gasteiger partial charge on any atom is -0.480 e. The summed E-state index contributed by atoms with van der Waals surface area (Å²) in [5.74, 6) is 0.277. The second-order valence-electron chi connectivity index (χ2n) is 5.36. The maximum atomic E-state index is 9.10. The molecule has 114 valence electrons. The molecule has 1 aromatic heterocycles. The SMILES string of the molecule is CC(C)(O)C(C)(C)O.COc1ncc(B(O)O)cc1N. The van der Waals surface area contributed by atoms with Gasteiger partial charge in [-0.2, -0.15) is 0 Å². The monoisotopic (exact) mass is 286 g/mol. The molecule has 0 saturated carbocycles. The van der Waals surface area contributed by atoms with E-state index in [2.05, 4.69) is 4.98 Å². The van der Waals surface area contributed by atoms with Gasteiger partial charge >= 0.3 is 7.12 Å². The summed E-state index contributed by atoms with van der Waals surface area (Å²) in [6, 6.07) is 1.40. The van der Waals surface area contributed by atoms with Gasteiger partial charge in [-0.1, -0.05) is 0 Å². The van der Waals surface area contributed by atoms with Crippen LogP contribution in [0.25, 0.3) is 0 Å². The lowest BCUT2D eigenvalue weighted by atomic mass is 9.81. The first-order valence-electron chi connectivity index (χ1n) is 6.00. The van der Waals surface area contributed by atoms with Gasteiger partial charge < -0.3 is 30.7 Å². The first-order valence-corrected chi connectivity index (χ1v) is 6.00. The van der Waals surface area contributed by atoms with Crippen LogP contribution in [0.3, 0.4) is 0 Å². The summed E-state index contributed by atoms with van der Waals surface area (Å²) >= 11 is 0. The molecule has 0 aromatic carbocycles. The van der Waals surface area contributed by atoms with Crippen molar-refractivity contribution in [2.75, 3.05) is 12.8 Å². The molecule has 0 aliphatic carbocycles. The molecule has 0 spiro atoms. The van der Waals surface area contributed by atoms with Crippen molar-refractivity contribution in [1.82, 2.24) is 4.98 Å². The van der Waals surface area contributed by atoms with Crippen LogP contribution in [0.4, 0.5) is 5.69 Å². The number of anilines is 1. The van der Waals surface area contributed by atoms with E-state index in [1.807, 2.05) is 0 Å². The summed E-state index contributed by atoms with van der Waals surface area (Å²) in [5, 5.41) is 35.7. The largest absolute Gasteiger partial charge is 0.490 e. The van der Waals surface area contributed by atoms with Crippen molar-refractivity contribution in [3.63, 3.8) is 0 Å². The molecule has 8 heteroatoms. The van der Waals surface area contributed by atoms with Gasteiger partial charge in [0.05, 0.1) is 24.0 Å². The summed E-state index contributed by atoms with van der Waals surface area (Å²) in [6.45, 7) is 6.31. The van der Waals surface area contributed by atoms with E-state index < -0.39 is 18.3 Å². The molecule has 0 aliphatic heterocycles. The molecule has 0 amide bonds. The van der Waals surface area contributed by atoms with E-state index in [9.17, 15) is 0 Å². The fraction of sp³-hybridized carbons (Fsp3) is 0.583. The van der Waals surface area contributed by atoms with Crippen molar-refractivity contribution >= 4 is 18.3 Å². The normalized spacial score (nSPS) is 11.4. The highest BCUT2D eigenvalue weighted by Gasteiger charge is 2.31. The van der Waals surface area contributed by atoms with Crippen LogP contribution in [0, 0.1) is 0 Å². The number of hydrogen-bond acceptors (Lipinski definition) is 7. The number of nitrogen functional groups attached to an aromatic ring is 1. The Balaban J connectivity index is 0.000000396. The third-order valence-electron chi connectivity index (χ3n) is 2.89. The lowest BCUT2D eigenvalue weighted by Gasteiger charge is -2.31. The Morgan fingerprint density at radius 2 is 1.60 bits per heavy atom. The van der Waals surface area contributed by atoms with Crippen LogP contribution in [-0.2, 0) is 0 Å². The van der Waals surface area contributed by atoms with Gasteiger partial charge in [0.1, 0.15) is 0 Å². The highest BCUT2D eigenvalue weighted by Crippen LogP contribution is 2.19. The molecular formula is C12H23BN2O5. The van der Waals surface area contributed by atoms with E-state index in [0.717, 1.165) is 0 Å². The first kappa shape index (κ1) is 18.7. The van der Waals surface area contributed by atoms with Crippen LogP contribution in [0.5, 0.6) is 5.88 Å². The van der Waals surface area contributed by atoms with Crippen LogP contribution < -0.4 is 15.9 Å². The van der Waals surface area contributed by atoms with Gasteiger partial charge in [-0.15, -0.1) is 0 Å². The van der Waals surface area contributed by atoms with Crippen LogP contribution in [0.2, 0.25) is 0 Å². The molecule has 20 heavy (non-hydrogen) atoms. The lowest BCUT2D eigenvalue weighted by Crippen LogP contribution is -2.44. The third-order valence-corrected chi connectivity index (χ3v) is 2.89. The molecule has 6 N–H and O–H groups in total. The van der Waals surface area contributed by atoms with Gasteiger partial charge in [0.25, 0.3) is 0 Å². The zero-order valence-electron chi connectivity index (χ0n) is 12.5. The number of aromatic nitrogens is 1. The van der Waals surface area contributed by atoms with Gasteiger partial charge in [-0.3, -0.25) is 0 Å². The van der Waals surface area contributed by atoms with Crippen LogP contribution in [0.15, 0.2) is 12.3 Å². The summed E-state index contributed by atoms with van der Waals surface area (Å²) in [5.41, 5.74) is 3.97. The average Bonchev–Trinajstić information content (AvgIpc) is 2.26. The highest BCUT2D eigenvalue weighted by molar-refractivity contribution is 6.58. The van der Waals surface area contributed by atoms with Crippen molar-refractivity contribution in [2.24, 2.45) is 0 Å². The molecule has 1 aromatic rings. The summed E-state index contributed by atoms with van der Waals surface area (Å²) in [7, 11) is -0.112. The third kappa shape index (κ3) is 5.75. The second kappa shape index (κ2) is 6.89. The Labute approximate surface area is 119 Å². The maximum absolute atomic E-state index is 9.10. The van der Waals surface area contributed by atoms with Crippen molar-refractivity contribution in [3.8, 4) is 5.88 Å². The molecule has 0 aliphatic rings. The number of hydrogen-bond donors (Lipinski definition) is 5. The summed E-state index contributed by atoms with van der Waals surface area (Å²) in [4.78, 5) is 3.75. The average molecular weight is 286 g/mol. The van der Waals surface area contributed by atoms with Crippen molar-refractivity contribution in [2.45, 2.75) is 38.9 Å². The standard InChI is InChI=1S/C6H9BN2O3.C6H14O2/c1-12-6-5(8)2-4(3-9-6)7(10)11;1-5(2,7)6(3,4)8/h2-3,10-11H,8H2,1H3;7-8H,1-4H3. The number of nitrogens with two attached hydrogens (primary N) is 1. The number of ether oxygens (including phenoxy) is 1. The zero-order valence-corrected chi connectivity index (χ0v) is 12.5. The minimum atomic E-state index is -1.55. The molecule has 0 saturated heterocycles. The van der Waals surface area contributed by atoms with Gasteiger partial charge in [0.15, 0.2) is 0 Å². The lowest BCUT2D eigenvalue weighted by molar-refractivity contribution is -0.107. The van der Waals surface area contributed by atoms with Gasteiger partial charge in [-0.25, -0.2) is 4.98 Å². The minimum absolute atomic E-state index is 0.244. The van der Waals surface area contributed by atoms with E-state index in [1.165, 1.54) is 19.4 Å². The van der Waals surface area contributed by atoms with Crippen molar-refractivity contribution in [3.05, 3.63) is 12.3 Å². The number of rotatable bonds is 3. The number of aliphatic hydroxyl groups is 2. The molecule has 0 bridgehead atoms. The molecule has 0 radical (unpaired) electrons. The zero-order chi connectivity index (χ0) is 16.1. The van der Waals surface area contributed by atoms with Crippen LogP contribution >= 0.6 is 0 Å². The van der Waals surface area contributed by atoms with Crippen molar-refractivity contribution < 1.29 is 25.0 Å². The molecule has 0 atom stereocenters. The number of methoxy groups -OCH3 is 1. The molecule has 1 heterocycles. The van der Waals surface area contributed by atoms with E-state index in [0.29, 0.717) is 0 Å². The molecule has 0 fully saturated rings. The predicted octanol–water partition coefficient (Wildman–Crippen LogP) is -1.12. The van der Waals surface area contributed by atoms with Gasteiger partial charge in [-0.05, 0) is 33.8 Å². The van der Waals surface area contributed by atoms with Crippen LogP contribution in [0.1, 0.15) is 27.7 Å². The molecular weight excluding hydrogens is 263 g/mol. The van der Waals surface area contributed by atoms with E-state index >= 15 is 0 Å².